The third-order valence-corrected chi connectivity index (χ3v) is 4.40. The summed E-state index contributed by atoms with van der Waals surface area (Å²) in [5.74, 6) is -0.0529. The molecule has 1 atom stereocenters. The average molecular weight is 315 g/mol. The minimum Gasteiger partial charge on any atom is -0.340 e. The van der Waals surface area contributed by atoms with Gasteiger partial charge in [0.05, 0.1) is 14.1 Å². The van der Waals surface area contributed by atoms with Crippen LogP contribution in [0.25, 0.3) is 6.08 Å². The second kappa shape index (κ2) is 7.92. The molecular formula is C18H23N2OS+. The monoisotopic (exact) mass is 315 g/mol. The lowest BCUT2D eigenvalue weighted by atomic mass is 10.1. The minimum absolute atomic E-state index is 0.0211. The van der Waals surface area contributed by atoms with Gasteiger partial charge in [0.25, 0.3) is 0 Å². The number of aryl methyl sites for hydroxylation is 1. The summed E-state index contributed by atoms with van der Waals surface area (Å²) in [4.78, 5) is 14.6. The van der Waals surface area contributed by atoms with E-state index in [1.165, 1.54) is 10.5 Å². The molecule has 4 heteroatoms. The average Bonchev–Trinajstić information content (AvgIpc) is 2.90. The fourth-order valence-electron chi connectivity index (χ4n) is 2.27. The highest BCUT2D eigenvalue weighted by Gasteiger charge is 2.16. The molecular weight excluding hydrogens is 292 g/mol. The molecule has 0 aliphatic heterocycles. The molecule has 0 aliphatic rings. The zero-order valence-corrected chi connectivity index (χ0v) is 14.1. The number of nitrogens with one attached hydrogen (secondary N) is 2. The first kappa shape index (κ1) is 16.5. The second-order valence-corrected chi connectivity index (χ2v) is 6.63. The zero-order valence-electron chi connectivity index (χ0n) is 13.3. The van der Waals surface area contributed by atoms with Gasteiger partial charge in [0.15, 0.2) is 0 Å². The Hall–Kier alpha value is -1.91. The normalized spacial score (nSPS) is 12.7. The smallest absolute Gasteiger partial charge is 0.244 e. The molecule has 1 aromatic carbocycles. The highest BCUT2D eigenvalue weighted by atomic mass is 32.1. The predicted molar refractivity (Wildman–Crippen MR) is 93.1 cm³/mol. The summed E-state index contributed by atoms with van der Waals surface area (Å²) in [5.41, 5.74) is 2.34. The first-order chi connectivity index (χ1) is 10.6. The van der Waals surface area contributed by atoms with Crippen LogP contribution in [0.2, 0.25) is 0 Å². The molecule has 1 aromatic heterocycles. The molecule has 116 valence electrons. The topological polar surface area (TPSA) is 33.5 Å². The Bertz CT molecular complexity index is 632. The lowest BCUT2D eigenvalue weighted by Crippen LogP contribution is -3.06. The van der Waals surface area contributed by atoms with Crippen LogP contribution in [0.3, 0.4) is 0 Å². The van der Waals surface area contributed by atoms with Gasteiger partial charge < -0.3 is 10.2 Å². The van der Waals surface area contributed by atoms with Crippen molar-refractivity contribution < 1.29 is 9.69 Å². The van der Waals surface area contributed by atoms with E-state index in [9.17, 15) is 4.79 Å². The molecule has 22 heavy (non-hydrogen) atoms. The van der Waals surface area contributed by atoms with Gasteiger partial charge in [-0.3, -0.25) is 4.79 Å². The lowest BCUT2D eigenvalue weighted by Gasteiger charge is -2.20. The summed E-state index contributed by atoms with van der Waals surface area (Å²) in [6.07, 6.45) is 3.51. The van der Waals surface area contributed by atoms with Gasteiger partial charge in [-0.1, -0.05) is 30.3 Å². The Labute approximate surface area is 136 Å². The van der Waals surface area contributed by atoms with Gasteiger partial charge in [-0.25, -0.2) is 0 Å². The minimum atomic E-state index is -0.0529. The molecule has 0 saturated carbocycles. The van der Waals surface area contributed by atoms with Gasteiger partial charge in [0.1, 0.15) is 12.6 Å². The number of thiophene rings is 1. The number of hydrogen-bond donors (Lipinski definition) is 2. The molecule has 2 N–H and O–H groups in total. The zero-order chi connectivity index (χ0) is 15.9. The maximum atomic E-state index is 12.2. The van der Waals surface area contributed by atoms with Crippen molar-refractivity contribution in [2.24, 2.45) is 0 Å². The molecule has 0 spiro atoms. The van der Waals surface area contributed by atoms with Crippen molar-refractivity contribution in [1.82, 2.24) is 5.32 Å². The number of carbonyl (C=O) groups is 1. The van der Waals surface area contributed by atoms with Crippen molar-refractivity contribution in [3.8, 4) is 0 Å². The van der Waals surface area contributed by atoms with Crippen molar-refractivity contribution in [3.05, 3.63) is 63.9 Å². The van der Waals surface area contributed by atoms with Crippen LogP contribution < -0.4 is 10.2 Å². The molecule has 0 radical (unpaired) electrons. The summed E-state index contributed by atoms with van der Waals surface area (Å²) in [5, 5.41) is 5.14. The molecule has 2 rings (SSSR count). The molecule has 0 saturated heterocycles. The number of hydrogen-bond acceptors (Lipinski definition) is 2. The first-order valence-electron chi connectivity index (χ1n) is 7.43. The van der Waals surface area contributed by atoms with E-state index in [2.05, 4.69) is 44.5 Å². The summed E-state index contributed by atoms with van der Waals surface area (Å²) in [6.45, 7) is 2.90. The van der Waals surface area contributed by atoms with E-state index >= 15 is 0 Å². The van der Waals surface area contributed by atoms with Gasteiger partial charge in [-0.2, -0.15) is 0 Å². The Morgan fingerprint density at radius 1 is 1.27 bits per heavy atom. The van der Waals surface area contributed by atoms with Crippen LogP contribution >= 0.6 is 11.3 Å². The number of quaternary nitrogens is 1. The standard InChI is InChI=1S/C18H22N2OS/c1-14-11-12-22-17(14)9-10-18(21)19-16(13-20(2)3)15-7-5-4-6-8-15/h4-12,16H,13H2,1-3H3,(H,19,21)/p+1/b10-9+/t16-/m1/s1. The Morgan fingerprint density at radius 2 is 2.00 bits per heavy atom. The van der Waals surface area contributed by atoms with E-state index in [0.717, 1.165) is 17.0 Å². The summed E-state index contributed by atoms with van der Waals surface area (Å²) in [7, 11) is 4.18. The molecule has 0 fully saturated rings. The number of carbonyl (C=O) groups excluding carboxylic acids is 1. The number of likely N-dealkylation sites (N-methyl/N-ethyl adjacent to an activating group) is 1. The Kier molecular flexibility index (Phi) is 5.92. The van der Waals surface area contributed by atoms with Crippen molar-refractivity contribution in [2.75, 3.05) is 20.6 Å². The van der Waals surface area contributed by atoms with Gasteiger partial charge >= 0.3 is 0 Å². The summed E-state index contributed by atoms with van der Waals surface area (Å²) < 4.78 is 0. The fraction of sp³-hybridized carbons (Fsp3) is 0.278. The summed E-state index contributed by atoms with van der Waals surface area (Å²) in [6, 6.07) is 12.2. The van der Waals surface area contributed by atoms with Crippen LogP contribution in [0.1, 0.15) is 22.0 Å². The Morgan fingerprint density at radius 3 is 2.59 bits per heavy atom. The third kappa shape index (κ3) is 4.83. The molecule has 0 bridgehead atoms. The van der Waals surface area contributed by atoms with E-state index in [1.807, 2.05) is 29.7 Å². The molecule has 1 amide bonds. The molecule has 2 aromatic rings. The highest BCUT2D eigenvalue weighted by molar-refractivity contribution is 7.11. The van der Waals surface area contributed by atoms with Crippen molar-refractivity contribution in [1.29, 1.82) is 0 Å². The van der Waals surface area contributed by atoms with E-state index < -0.39 is 0 Å². The van der Waals surface area contributed by atoms with E-state index in [0.29, 0.717) is 0 Å². The number of benzene rings is 1. The van der Waals surface area contributed by atoms with Crippen molar-refractivity contribution in [2.45, 2.75) is 13.0 Å². The van der Waals surface area contributed by atoms with Crippen molar-refractivity contribution in [3.63, 3.8) is 0 Å². The van der Waals surface area contributed by atoms with Crippen LogP contribution in [0.5, 0.6) is 0 Å². The van der Waals surface area contributed by atoms with Gasteiger partial charge in [0, 0.05) is 11.0 Å². The number of rotatable bonds is 6. The van der Waals surface area contributed by atoms with Crippen LogP contribution in [0.4, 0.5) is 0 Å². The van der Waals surface area contributed by atoms with E-state index in [1.54, 1.807) is 17.4 Å². The SMILES string of the molecule is Cc1ccsc1/C=C/C(=O)N[C@H](C[NH+](C)C)c1ccccc1. The third-order valence-electron chi connectivity index (χ3n) is 3.42. The highest BCUT2D eigenvalue weighted by Crippen LogP contribution is 2.17. The summed E-state index contributed by atoms with van der Waals surface area (Å²) >= 11 is 1.65. The van der Waals surface area contributed by atoms with E-state index in [4.69, 9.17) is 0 Å². The molecule has 0 aliphatic carbocycles. The largest absolute Gasteiger partial charge is 0.340 e. The van der Waals surface area contributed by atoms with Gasteiger partial charge in [-0.15, -0.1) is 11.3 Å². The Balaban J connectivity index is 2.05. The predicted octanol–water partition coefficient (Wildman–Crippen LogP) is 2.07. The van der Waals surface area contributed by atoms with Gasteiger partial charge in [0.2, 0.25) is 5.91 Å². The van der Waals surface area contributed by atoms with Crippen LogP contribution in [0, 0.1) is 6.92 Å². The first-order valence-corrected chi connectivity index (χ1v) is 8.31. The quantitative estimate of drug-likeness (QED) is 0.786. The van der Waals surface area contributed by atoms with Crippen LogP contribution in [-0.2, 0) is 4.79 Å². The second-order valence-electron chi connectivity index (χ2n) is 5.68. The molecule has 0 unspecified atom stereocenters. The van der Waals surface area contributed by atoms with Crippen LogP contribution in [0.15, 0.2) is 47.9 Å². The van der Waals surface area contributed by atoms with Gasteiger partial charge in [-0.05, 0) is 35.6 Å². The maximum absolute atomic E-state index is 12.2. The number of amides is 1. The maximum Gasteiger partial charge on any atom is 0.244 e. The van der Waals surface area contributed by atoms with Crippen molar-refractivity contribution >= 4 is 23.3 Å². The molecule has 3 nitrogen and oxygen atoms in total. The van der Waals surface area contributed by atoms with E-state index in [-0.39, 0.29) is 11.9 Å². The molecule has 1 heterocycles. The fourth-order valence-corrected chi connectivity index (χ4v) is 3.09. The lowest BCUT2D eigenvalue weighted by molar-refractivity contribution is -0.860. The van der Waals surface area contributed by atoms with Crippen LogP contribution in [-0.4, -0.2) is 26.5 Å².